The van der Waals surface area contributed by atoms with Gasteiger partial charge in [-0.05, 0) is 54.6 Å². The molecule has 0 saturated heterocycles. The zero-order valence-corrected chi connectivity index (χ0v) is 27.1. The van der Waals surface area contributed by atoms with Gasteiger partial charge in [-0.25, -0.2) is 0 Å². The molecule has 0 aromatic heterocycles. The van der Waals surface area contributed by atoms with Gasteiger partial charge in [0.05, 0.1) is 44.9 Å². The van der Waals surface area contributed by atoms with E-state index in [4.69, 9.17) is 30.5 Å². The van der Waals surface area contributed by atoms with E-state index in [9.17, 15) is 14.4 Å². The minimum Gasteiger partial charge on any atom is -0.497 e. The molecule has 0 aliphatic carbocycles. The first-order valence-electron chi connectivity index (χ1n) is 13.8. The summed E-state index contributed by atoms with van der Waals surface area (Å²) in [4.78, 5) is 40.1. The fourth-order valence-electron chi connectivity index (χ4n) is 4.19. The Morgan fingerprint density at radius 1 is 0.761 bits per heavy atom. The molecule has 12 heteroatoms. The van der Waals surface area contributed by atoms with Gasteiger partial charge in [-0.15, -0.1) is 11.8 Å². The molecule has 0 radical (unpaired) electrons. The largest absolute Gasteiger partial charge is 0.497 e. The quantitative estimate of drug-likeness (QED) is 0.109. The van der Waals surface area contributed by atoms with Gasteiger partial charge in [0.2, 0.25) is 5.91 Å². The lowest BCUT2D eigenvalue weighted by atomic mass is 10.1. The molecule has 0 bridgehead atoms. The summed E-state index contributed by atoms with van der Waals surface area (Å²) in [6.07, 6.45) is 1.52. The summed E-state index contributed by atoms with van der Waals surface area (Å²) >= 11 is 7.48. The van der Waals surface area contributed by atoms with Crippen molar-refractivity contribution in [3.63, 3.8) is 0 Å². The van der Waals surface area contributed by atoms with Crippen LogP contribution in [-0.4, -0.2) is 51.9 Å². The molecule has 3 amide bonds. The number of anilines is 2. The summed E-state index contributed by atoms with van der Waals surface area (Å²) in [6, 6.07) is 23.8. The number of nitrogens with one attached hydrogen (secondary N) is 3. The van der Waals surface area contributed by atoms with Gasteiger partial charge < -0.3 is 34.9 Å². The highest BCUT2D eigenvalue weighted by atomic mass is 35.5. The van der Waals surface area contributed by atoms with Gasteiger partial charge in [0.25, 0.3) is 11.8 Å². The van der Waals surface area contributed by atoms with E-state index >= 15 is 0 Å². The normalized spacial score (nSPS) is 10.8. The van der Waals surface area contributed by atoms with Crippen molar-refractivity contribution in [2.24, 2.45) is 0 Å². The van der Waals surface area contributed by atoms with Crippen LogP contribution in [0.1, 0.15) is 15.9 Å². The molecule has 4 aromatic rings. The van der Waals surface area contributed by atoms with Crippen LogP contribution in [0.4, 0.5) is 11.4 Å². The number of hydrogen-bond donors (Lipinski definition) is 3. The second-order valence-corrected chi connectivity index (χ2v) is 10.9. The molecule has 0 heterocycles. The SMILES string of the molecule is COc1ccc(/C=C(/NC(=O)c2ccccc2)C(=O)Nc2cccc(SCC(=O)Nc3cc(Cl)c(OC)cc3OC)c2)c(OC)c1. The van der Waals surface area contributed by atoms with Crippen molar-refractivity contribution < 1.29 is 33.3 Å². The molecular weight excluding hydrogens is 630 g/mol. The van der Waals surface area contributed by atoms with Gasteiger partial charge in [0.15, 0.2) is 0 Å². The number of halogens is 1. The average Bonchev–Trinajstić information content (AvgIpc) is 3.07. The van der Waals surface area contributed by atoms with E-state index in [1.54, 1.807) is 78.9 Å². The van der Waals surface area contributed by atoms with Crippen LogP contribution in [0.25, 0.3) is 6.08 Å². The standard InChI is InChI=1S/C34H32ClN3O7S/c1-42-24-14-13-22(29(17-24)43-2)15-28(38-33(40)21-9-6-5-7-10-21)34(41)36-23-11-8-12-25(16-23)46-20-32(39)37-27-18-26(35)30(44-3)19-31(27)45-4/h5-19H,20H2,1-4H3,(H,36,41)(H,37,39)(H,38,40)/b28-15+. The number of ether oxygens (including phenoxy) is 4. The Labute approximate surface area is 276 Å². The number of rotatable bonds is 13. The van der Waals surface area contributed by atoms with Gasteiger partial charge >= 0.3 is 0 Å². The first-order valence-corrected chi connectivity index (χ1v) is 15.2. The molecule has 0 spiro atoms. The molecule has 0 saturated carbocycles. The fraction of sp³-hybridized carbons (Fsp3) is 0.147. The average molecular weight is 662 g/mol. The number of carbonyl (C=O) groups is 3. The van der Waals surface area contributed by atoms with Crippen LogP contribution >= 0.6 is 23.4 Å². The summed E-state index contributed by atoms with van der Waals surface area (Å²) in [5, 5.41) is 8.68. The monoisotopic (exact) mass is 661 g/mol. The van der Waals surface area contributed by atoms with Crippen LogP contribution in [0.3, 0.4) is 0 Å². The molecule has 3 N–H and O–H groups in total. The molecule has 0 atom stereocenters. The number of carbonyl (C=O) groups excluding carboxylic acids is 3. The van der Waals surface area contributed by atoms with Crippen molar-refractivity contribution in [2.75, 3.05) is 44.8 Å². The maximum Gasteiger partial charge on any atom is 0.272 e. The van der Waals surface area contributed by atoms with Gasteiger partial charge in [0, 0.05) is 33.8 Å². The van der Waals surface area contributed by atoms with Crippen molar-refractivity contribution in [2.45, 2.75) is 4.90 Å². The predicted molar refractivity (Wildman–Crippen MR) is 180 cm³/mol. The number of thioether (sulfide) groups is 1. The van der Waals surface area contributed by atoms with Gasteiger partial charge in [-0.3, -0.25) is 14.4 Å². The lowest BCUT2D eigenvalue weighted by Gasteiger charge is -2.14. The van der Waals surface area contributed by atoms with Crippen LogP contribution in [0.2, 0.25) is 5.02 Å². The van der Waals surface area contributed by atoms with Crippen molar-refractivity contribution >= 4 is 58.5 Å². The Morgan fingerprint density at radius 3 is 2.20 bits per heavy atom. The molecular formula is C34H32ClN3O7S. The summed E-state index contributed by atoms with van der Waals surface area (Å²) in [7, 11) is 6.01. The van der Waals surface area contributed by atoms with Crippen LogP contribution in [0, 0.1) is 0 Å². The van der Waals surface area contributed by atoms with Gasteiger partial charge in [0.1, 0.15) is 28.7 Å². The van der Waals surface area contributed by atoms with Crippen LogP contribution in [-0.2, 0) is 9.59 Å². The van der Waals surface area contributed by atoms with Crippen LogP contribution in [0.15, 0.2) is 95.5 Å². The van der Waals surface area contributed by atoms with Crippen LogP contribution in [0.5, 0.6) is 23.0 Å². The summed E-state index contributed by atoms with van der Waals surface area (Å²) in [6.45, 7) is 0. The third-order valence-electron chi connectivity index (χ3n) is 6.48. The smallest absolute Gasteiger partial charge is 0.272 e. The summed E-state index contributed by atoms with van der Waals surface area (Å²) < 4.78 is 21.3. The van der Waals surface area contributed by atoms with E-state index in [2.05, 4.69) is 16.0 Å². The van der Waals surface area contributed by atoms with Gasteiger partial charge in [-0.1, -0.05) is 35.9 Å². The third kappa shape index (κ3) is 8.96. The Hall–Kier alpha value is -5.13. The van der Waals surface area contributed by atoms with E-state index in [0.717, 1.165) is 4.90 Å². The second-order valence-electron chi connectivity index (χ2n) is 9.49. The minimum atomic E-state index is -0.564. The van der Waals surface area contributed by atoms with E-state index in [1.807, 2.05) is 6.07 Å². The number of benzene rings is 4. The fourth-order valence-corrected chi connectivity index (χ4v) is 5.19. The van der Waals surface area contributed by atoms with E-state index in [-0.39, 0.29) is 17.4 Å². The number of hydrogen-bond acceptors (Lipinski definition) is 8. The molecule has 4 rings (SSSR count). The molecule has 46 heavy (non-hydrogen) atoms. The molecule has 0 unspecified atom stereocenters. The first-order chi connectivity index (χ1) is 22.2. The zero-order chi connectivity index (χ0) is 33.1. The Morgan fingerprint density at radius 2 is 1.50 bits per heavy atom. The molecule has 0 aliphatic heterocycles. The molecule has 0 aliphatic rings. The highest BCUT2D eigenvalue weighted by Gasteiger charge is 2.17. The lowest BCUT2D eigenvalue weighted by molar-refractivity contribution is -0.114. The topological polar surface area (TPSA) is 124 Å². The summed E-state index contributed by atoms with van der Waals surface area (Å²) in [5.41, 5.74) is 1.79. The number of methoxy groups -OCH3 is 4. The Kier molecular flexibility index (Phi) is 11.9. The molecule has 0 fully saturated rings. The maximum atomic E-state index is 13.6. The van der Waals surface area contributed by atoms with Crippen molar-refractivity contribution in [3.05, 3.63) is 107 Å². The maximum absolute atomic E-state index is 13.6. The number of amides is 3. The Balaban J connectivity index is 1.50. The summed E-state index contributed by atoms with van der Waals surface area (Å²) in [5.74, 6) is 0.601. The van der Waals surface area contributed by atoms with Gasteiger partial charge in [-0.2, -0.15) is 0 Å². The van der Waals surface area contributed by atoms with Crippen molar-refractivity contribution in [1.29, 1.82) is 0 Å². The highest BCUT2D eigenvalue weighted by molar-refractivity contribution is 8.00. The Bertz CT molecular complexity index is 1750. The minimum absolute atomic E-state index is 0.0122. The highest BCUT2D eigenvalue weighted by Crippen LogP contribution is 2.36. The third-order valence-corrected chi connectivity index (χ3v) is 7.77. The zero-order valence-electron chi connectivity index (χ0n) is 25.5. The lowest BCUT2D eigenvalue weighted by Crippen LogP contribution is -2.30. The van der Waals surface area contributed by atoms with E-state index in [1.165, 1.54) is 46.3 Å². The van der Waals surface area contributed by atoms with E-state index in [0.29, 0.717) is 50.5 Å². The van der Waals surface area contributed by atoms with Crippen molar-refractivity contribution in [3.8, 4) is 23.0 Å². The molecule has 238 valence electrons. The van der Waals surface area contributed by atoms with E-state index < -0.39 is 11.8 Å². The predicted octanol–water partition coefficient (Wildman–Crippen LogP) is 6.51. The molecule has 4 aromatic carbocycles. The molecule has 10 nitrogen and oxygen atoms in total. The van der Waals surface area contributed by atoms with Crippen LogP contribution < -0.4 is 34.9 Å². The van der Waals surface area contributed by atoms with Crippen molar-refractivity contribution in [1.82, 2.24) is 5.32 Å². The first kappa shape index (κ1) is 33.8. The second kappa shape index (κ2) is 16.3.